The van der Waals surface area contributed by atoms with E-state index in [9.17, 15) is 13.2 Å². The number of ether oxygens (including phenoxy) is 1. The topological polar surface area (TPSA) is 84.5 Å². The van der Waals surface area contributed by atoms with Crippen LogP contribution in [0.4, 0.5) is 0 Å². The Balaban J connectivity index is 1.72. The van der Waals surface area contributed by atoms with Gasteiger partial charge in [-0.1, -0.05) is 19.3 Å². The Labute approximate surface area is 139 Å². The molecule has 0 bridgehead atoms. The third kappa shape index (κ3) is 5.72. The van der Waals surface area contributed by atoms with Gasteiger partial charge < -0.3 is 10.1 Å². The van der Waals surface area contributed by atoms with Crippen LogP contribution < -0.4 is 10.0 Å². The van der Waals surface area contributed by atoms with E-state index in [1.807, 2.05) is 6.92 Å². The molecule has 134 valence electrons. The van der Waals surface area contributed by atoms with Crippen LogP contribution >= 0.6 is 0 Å². The Morgan fingerprint density at radius 1 is 1.09 bits per heavy atom. The largest absolute Gasteiger partial charge is 0.377 e. The molecule has 0 spiro atoms. The minimum Gasteiger partial charge on any atom is -0.377 e. The normalized spacial score (nSPS) is 26.3. The highest BCUT2D eigenvalue weighted by Crippen LogP contribution is 2.27. The van der Waals surface area contributed by atoms with Crippen LogP contribution in [-0.2, 0) is 19.6 Å². The second-order valence-electron chi connectivity index (χ2n) is 6.55. The molecule has 2 aliphatic rings. The van der Waals surface area contributed by atoms with E-state index in [-0.39, 0.29) is 31.0 Å². The number of nitrogens with one attached hydrogen (secondary N) is 2. The zero-order valence-electron chi connectivity index (χ0n) is 14.1. The van der Waals surface area contributed by atoms with Gasteiger partial charge in [0, 0.05) is 25.6 Å². The monoisotopic (exact) mass is 346 g/mol. The van der Waals surface area contributed by atoms with Crippen molar-refractivity contribution in [3.05, 3.63) is 0 Å². The summed E-state index contributed by atoms with van der Waals surface area (Å²) in [6.45, 7) is 2.57. The molecule has 0 saturated heterocycles. The fourth-order valence-electron chi connectivity index (χ4n) is 3.61. The lowest BCUT2D eigenvalue weighted by Gasteiger charge is -2.23. The van der Waals surface area contributed by atoms with Crippen LogP contribution in [0.25, 0.3) is 0 Å². The predicted octanol–water partition coefficient (Wildman–Crippen LogP) is 1.70. The van der Waals surface area contributed by atoms with Gasteiger partial charge in [-0.25, -0.2) is 13.1 Å². The van der Waals surface area contributed by atoms with Gasteiger partial charge in [-0.05, 0) is 39.0 Å². The van der Waals surface area contributed by atoms with Crippen LogP contribution in [0.5, 0.6) is 0 Å². The number of carbonyl (C=O) groups is 1. The maximum Gasteiger partial charge on any atom is 0.221 e. The first-order chi connectivity index (χ1) is 11.0. The molecule has 2 saturated carbocycles. The van der Waals surface area contributed by atoms with Gasteiger partial charge in [-0.2, -0.15) is 0 Å². The summed E-state index contributed by atoms with van der Waals surface area (Å²) in [6.07, 6.45) is 7.93. The zero-order valence-corrected chi connectivity index (χ0v) is 14.9. The molecule has 0 heterocycles. The van der Waals surface area contributed by atoms with E-state index in [0.29, 0.717) is 13.0 Å². The highest BCUT2D eigenvalue weighted by Gasteiger charge is 2.37. The highest BCUT2D eigenvalue weighted by molar-refractivity contribution is 7.90. The second-order valence-corrected chi connectivity index (χ2v) is 8.54. The van der Waals surface area contributed by atoms with Crippen molar-refractivity contribution < 1.29 is 17.9 Å². The van der Waals surface area contributed by atoms with Crippen molar-refractivity contribution in [2.75, 3.05) is 13.2 Å². The molecule has 0 aromatic rings. The van der Waals surface area contributed by atoms with E-state index in [1.54, 1.807) is 0 Å². The zero-order chi connectivity index (χ0) is 16.7. The quantitative estimate of drug-likeness (QED) is 0.701. The van der Waals surface area contributed by atoms with E-state index in [2.05, 4.69) is 10.0 Å². The van der Waals surface area contributed by atoms with Crippen molar-refractivity contribution in [1.82, 2.24) is 10.0 Å². The average molecular weight is 346 g/mol. The molecule has 2 unspecified atom stereocenters. The number of hydrogen-bond acceptors (Lipinski definition) is 4. The van der Waals surface area contributed by atoms with Crippen molar-refractivity contribution in [3.8, 4) is 0 Å². The summed E-state index contributed by atoms with van der Waals surface area (Å²) < 4.78 is 32.9. The Bertz CT molecular complexity index is 474. The van der Waals surface area contributed by atoms with E-state index >= 15 is 0 Å². The Morgan fingerprint density at radius 3 is 2.52 bits per heavy atom. The third-order valence-electron chi connectivity index (χ3n) is 4.80. The molecular weight excluding hydrogens is 316 g/mol. The van der Waals surface area contributed by atoms with Gasteiger partial charge in [0.15, 0.2) is 0 Å². The van der Waals surface area contributed by atoms with Gasteiger partial charge in [0.05, 0.1) is 6.10 Å². The summed E-state index contributed by atoms with van der Waals surface area (Å²) in [4.78, 5) is 11.9. The Morgan fingerprint density at radius 2 is 1.83 bits per heavy atom. The lowest BCUT2D eigenvalue weighted by Crippen LogP contribution is -2.42. The molecule has 2 N–H and O–H groups in total. The van der Waals surface area contributed by atoms with Crippen LogP contribution in [0, 0.1) is 0 Å². The van der Waals surface area contributed by atoms with Gasteiger partial charge >= 0.3 is 0 Å². The van der Waals surface area contributed by atoms with E-state index in [4.69, 9.17) is 4.74 Å². The molecule has 0 aromatic heterocycles. The molecule has 2 rings (SSSR count). The van der Waals surface area contributed by atoms with Gasteiger partial charge in [0.1, 0.15) is 5.25 Å². The third-order valence-corrected chi connectivity index (χ3v) is 6.74. The molecule has 0 aromatic carbocycles. The van der Waals surface area contributed by atoms with Gasteiger partial charge in [-0.15, -0.1) is 0 Å². The Hall–Kier alpha value is -0.660. The number of carbonyl (C=O) groups excluding carboxylic acids is 1. The average Bonchev–Trinajstić information content (AvgIpc) is 2.98. The second kappa shape index (κ2) is 8.99. The van der Waals surface area contributed by atoms with E-state index < -0.39 is 15.3 Å². The first-order valence-electron chi connectivity index (χ1n) is 8.92. The molecule has 1 amide bonds. The SMILES string of the molecule is CCOC1CCCC1S(=O)(=O)NCCC(=O)NC1CCCCC1. The van der Waals surface area contributed by atoms with Gasteiger partial charge in [0.25, 0.3) is 0 Å². The smallest absolute Gasteiger partial charge is 0.221 e. The molecule has 7 heteroatoms. The highest BCUT2D eigenvalue weighted by atomic mass is 32.2. The fourth-order valence-corrected chi connectivity index (χ4v) is 5.30. The number of sulfonamides is 1. The van der Waals surface area contributed by atoms with Crippen molar-refractivity contribution in [2.24, 2.45) is 0 Å². The number of rotatable bonds is 8. The summed E-state index contributed by atoms with van der Waals surface area (Å²) in [6, 6.07) is 0.269. The van der Waals surface area contributed by atoms with Crippen molar-refractivity contribution >= 4 is 15.9 Å². The summed E-state index contributed by atoms with van der Waals surface area (Å²) >= 11 is 0. The minimum absolute atomic E-state index is 0.0626. The van der Waals surface area contributed by atoms with E-state index in [1.165, 1.54) is 6.42 Å². The summed E-state index contributed by atoms with van der Waals surface area (Å²) in [5.41, 5.74) is 0. The molecule has 0 radical (unpaired) electrons. The van der Waals surface area contributed by atoms with Gasteiger partial charge in [0.2, 0.25) is 15.9 Å². The lowest BCUT2D eigenvalue weighted by molar-refractivity contribution is -0.121. The van der Waals surface area contributed by atoms with Crippen LogP contribution in [0.15, 0.2) is 0 Å². The van der Waals surface area contributed by atoms with Crippen molar-refractivity contribution in [2.45, 2.75) is 82.1 Å². The van der Waals surface area contributed by atoms with Crippen molar-refractivity contribution in [1.29, 1.82) is 0 Å². The standard InChI is InChI=1S/C16H30N2O4S/c1-2-22-14-9-6-10-15(14)23(20,21)17-12-11-16(19)18-13-7-4-3-5-8-13/h13-15,17H,2-12H2,1H3,(H,18,19). The van der Waals surface area contributed by atoms with Crippen LogP contribution in [-0.4, -0.2) is 44.9 Å². The molecule has 2 fully saturated rings. The van der Waals surface area contributed by atoms with Crippen LogP contribution in [0.1, 0.15) is 64.7 Å². The number of amides is 1. The molecule has 23 heavy (non-hydrogen) atoms. The molecule has 6 nitrogen and oxygen atoms in total. The van der Waals surface area contributed by atoms with Crippen molar-refractivity contribution in [3.63, 3.8) is 0 Å². The summed E-state index contributed by atoms with van der Waals surface area (Å²) in [5, 5.41) is 2.52. The molecule has 0 aliphatic heterocycles. The minimum atomic E-state index is -3.42. The van der Waals surface area contributed by atoms with Gasteiger partial charge in [-0.3, -0.25) is 4.79 Å². The Kier molecular flexibility index (Phi) is 7.30. The first-order valence-corrected chi connectivity index (χ1v) is 10.5. The fraction of sp³-hybridized carbons (Fsp3) is 0.938. The summed E-state index contributed by atoms with van der Waals surface area (Å²) in [5.74, 6) is -0.0626. The van der Waals surface area contributed by atoms with Crippen LogP contribution in [0.2, 0.25) is 0 Å². The molecule has 2 atom stereocenters. The maximum atomic E-state index is 12.4. The maximum absolute atomic E-state index is 12.4. The predicted molar refractivity (Wildman–Crippen MR) is 89.6 cm³/mol. The number of hydrogen-bond donors (Lipinski definition) is 2. The van der Waals surface area contributed by atoms with E-state index in [0.717, 1.165) is 38.5 Å². The summed E-state index contributed by atoms with van der Waals surface area (Å²) in [7, 11) is -3.42. The molecular formula is C16H30N2O4S. The van der Waals surface area contributed by atoms with Crippen LogP contribution in [0.3, 0.4) is 0 Å². The lowest BCUT2D eigenvalue weighted by atomic mass is 9.95. The molecule has 2 aliphatic carbocycles. The first kappa shape index (κ1) is 18.7.